The molecule has 1 aliphatic carbocycles. The summed E-state index contributed by atoms with van der Waals surface area (Å²) in [5.41, 5.74) is 0. The lowest BCUT2D eigenvalue weighted by Crippen LogP contribution is -2.15. The Morgan fingerprint density at radius 2 is 1.85 bits per heavy atom. The van der Waals surface area contributed by atoms with Crippen LogP contribution in [0.4, 0.5) is 0 Å². The van der Waals surface area contributed by atoms with Gasteiger partial charge in [-0.05, 0) is 18.3 Å². The first-order chi connectivity index (χ1) is 6.28. The fourth-order valence-corrected chi connectivity index (χ4v) is 1.82. The van der Waals surface area contributed by atoms with Gasteiger partial charge in [0.15, 0.2) is 0 Å². The van der Waals surface area contributed by atoms with Crippen molar-refractivity contribution in [1.29, 1.82) is 0 Å². The monoisotopic (exact) mass is 186 g/mol. The van der Waals surface area contributed by atoms with Crippen LogP contribution in [0, 0.1) is 11.8 Å². The molecule has 0 amide bonds. The normalized spacial score (nSPS) is 15.9. The molecule has 1 aliphatic rings. The van der Waals surface area contributed by atoms with Crippen LogP contribution >= 0.6 is 0 Å². The molecule has 1 saturated carbocycles. The van der Waals surface area contributed by atoms with Gasteiger partial charge in [-0.3, -0.25) is 4.79 Å². The Morgan fingerprint density at radius 1 is 1.38 bits per heavy atom. The highest BCUT2D eigenvalue weighted by atomic mass is 16.3. The van der Waals surface area contributed by atoms with Crippen molar-refractivity contribution in [3.8, 4) is 0 Å². The molecular formula is C11H22O2. The summed E-state index contributed by atoms with van der Waals surface area (Å²) in [5.74, 6) is 2.15. The zero-order chi connectivity index (χ0) is 10.1. The van der Waals surface area contributed by atoms with Gasteiger partial charge in [0.05, 0.1) is 0 Å². The van der Waals surface area contributed by atoms with Gasteiger partial charge in [-0.25, -0.2) is 0 Å². The smallest absolute Gasteiger partial charge is 0.290 e. The fraction of sp³-hybridized carbons (Fsp3) is 0.909. The maximum Gasteiger partial charge on any atom is 0.290 e. The molecule has 0 aromatic carbocycles. The molecule has 1 rings (SSSR count). The molecule has 1 N–H and O–H groups in total. The summed E-state index contributed by atoms with van der Waals surface area (Å²) in [5, 5.41) is 6.89. The topological polar surface area (TPSA) is 37.3 Å². The van der Waals surface area contributed by atoms with Gasteiger partial charge >= 0.3 is 0 Å². The van der Waals surface area contributed by atoms with E-state index in [1.165, 1.54) is 38.5 Å². The van der Waals surface area contributed by atoms with Crippen molar-refractivity contribution in [1.82, 2.24) is 0 Å². The largest absolute Gasteiger partial charge is 0.483 e. The van der Waals surface area contributed by atoms with Crippen LogP contribution in [-0.4, -0.2) is 11.6 Å². The molecule has 78 valence electrons. The molecule has 2 nitrogen and oxygen atoms in total. The van der Waals surface area contributed by atoms with E-state index in [1.807, 2.05) is 0 Å². The lowest BCUT2D eigenvalue weighted by atomic mass is 9.78. The highest BCUT2D eigenvalue weighted by Gasteiger charge is 2.19. The standard InChI is InChI=1S/C10H20.CH2O2/c1-3-9(4-2)8-10-6-5-7-10;2-1-3/h9-10H,3-8H2,1-2H3;1H,(H,2,3). The van der Waals surface area contributed by atoms with E-state index in [4.69, 9.17) is 9.90 Å². The highest BCUT2D eigenvalue weighted by molar-refractivity contribution is 5.32. The number of rotatable bonds is 4. The zero-order valence-corrected chi connectivity index (χ0v) is 8.83. The van der Waals surface area contributed by atoms with Crippen molar-refractivity contribution in [3.05, 3.63) is 0 Å². The van der Waals surface area contributed by atoms with Gasteiger partial charge < -0.3 is 5.11 Å². The Labute approximate surface area is 81.3 Å². The third-order valence-electron chi connectivity index (χ3n) is 3.05. The first-order valence-corrected chi connectivity index (χ1v) is 5.36. The van der Waals surface area contributed by atoms with E-state index >= 15 is 0 Å². The van der Waals surface area contributed by atoms with Crippen LogP contribution in [-0.2, 0) is 4.79 Å². The van der Waals surface area contributed by atoms with Crippen LogP contribution in [0.15, 0.2) is 0 Å². The van der Waals surface area contributed by atoms with Crippen LogP contribution in [0.1, 0.15) is 52.4 Å². The minimum absolute atomic E-state index is 0.250. The summed E-state index contributed by atoms with van der Waals surface area (Å²) in [6, 6.07) is 0. The fourth-order valence-electron chi connectivity index (χ4n) is 1.82. The Balaban J connectivity index is 0.000000424. The summed E-state index contributed by atoms with van der Waals surface area (Å²) in [6.07, 6.45) is 8.87. The van der Waals surface area contributed by atoms with Gasteiger partial charge in [-0.15, -0.1) is 0 Å². The van der Waals surface area contributed by atoms with Gasteiger partial charge in [0.25, 0.3) is 6.47 Å². The van der Waals surface area contributed by atoms with E-state index in [9.17, 15) is 0 Å². The summed E-state index contributed by atoms with van der Waals surface area (Å²) in [4.78, 5) is 8.36. The van der Waals surface area contributed by atoms with E-state index < -0.39 is 0 Å². The molecule has 0 unspecified atom stereocenters. The van der Waals surface area contributed by atoms with Crippen LogP contribution in [0.3, 0.4) is 0 Å². The van der Waals surface area contributed by atoms with E-state index in [0.717, 1.165) is 11.8 Å². The second kappa shape index (κ2) is 8.09. The number of hydrogen-bond donors (Lipinski definition) is 1. The summed E-state index contributed by atoms with van der Waals surface area (Å²) in [7, 11) is 0. The SMILES string of the molecule is CCC(CC)CC1CCC1.O=CO. The Bertz CT molecular complexity index is 115. The molecule has 0 aromatic rings. The molecule has 0 aromatic heterocycles. The molecule has 0 spiro atoms. The minimum atomic E-state index is -0.250. The molecular weight excluding hydrogens is 164 g/mol. The van der Waals surface area contributed by atoms with Crippen molar-refractivity contribution in [3.63, 3.8) is 0 Å². The maximum atomic E-state index is 8.36. The van der Waals surface area contributed by atoms with E-state index in [-0.39, 0.29) is 6.47 Å². The molecule has 0 atom stereocenters. The molecule has 0 bridgehead atoms. The van der Waals surface area contributed by atoms with Gasteiger partial charge in [-0.2, -0.15) is 0 Å². The number of hydrogen-bond acceptors (Lipinski definition) is 1. The lowest BCUT2D eigenvalue weighted by Gasteiger charge is -2.28. The third-order valence-corrected chi connectivity index (χ3v) is 3.05. The molecule has 0 radical (unpaired) electrons. The molecule has 1 fully saturated rings. The molecule has 13 heavy (non-hydrogen) atoms. The summed E-state index contributed by atoms with van der Waals surface area (Å²) >= 11 is 0. The predicted molar refractivity (Wildman–Crippen MR) is 54.7 cm³/mol. The van der Waals surface area contributed by atoms with Gasteiger partial charge in [0.2, 0.25) is 0 Å². The highest BCUT2D eigenvalue weighted by Crippen LogP contribution is 2.33. The number of carboxylic acid groups (broad SMARTS) is 1. The van der Waals surface area contributed by atoms with E-state index in [0.29, 0.717) is 0 Å². The van der Waals surface area contributed by atoms with Gasteiger partial charge in [-0.1, -0.05) is 46.0 Å². The number of carbonyl (C=O) groups is 1. The minimum Gasteiger partial charge on any atom is -0.483 e. The second-order valence-electron chi connectivity index (χ2n) is 3.82. The second-order valence-corrected chi connectivity index (χ2v) is 3.82. The summed E-state index contributed by atoms with van der Waals surface area (Å²) < 4.78 is 0. The molecule has 0 aliphatic heterocycles. The summed E-state index contributed by atoms with van der Waals surface area (Å²) in [6.45, 7) is 4.40. The Morgan fingerprint density at radius 3 is 2.08 bits per heavy atom. The Hall–Kier alpha value is -0.530. The Kier molecular flexibility index (Phi) is 7.76. The quantitative estimate of drug-likeness (QED) is 0.684. The van der Waals surface area contributed by atoms with E-state index in [2.05, 4.69) is 13.8 Å². The van der Waals surface area contributed by atoms with Crippen molar-refractivity contribution in [2.45, 2.75) is 52.4 Å². The van der Waals surface area contributed by atoms with Crippen LogP contribution in [0.5, 0.6) is 0 Å². The van der Waals surface area contributed by atoms with Crippen LogP contribution < -0.4 is 0 Å². The van der Waals surface area contributed by atoms with Crippen LogP contribution in [0.25, 0.3) is 0 Å². The lowest BCUT2D eigenvalue weighted by molar-refractivity contribution is -0.122. The zero-order valence-electron chi connectivity index (χ0n) is 8.83. The van der Waals surface area contributed by atoms with Crippen LogP contribution in [0.2, 0.25) is 0 Å². The predicted octanol–water partition coefficient (Wildman–Crippen LogP) is 3.31. The van der Waals surface area contributed by atoms with Gasteiger partial charge in [0.1, 0.15) is 0 Å². The molecule has 0 heterocycles. The average molecular weight is 186 g/mol. The average Bonchev–Trinajstić information content (AvgIpc) is 2.05. The van der Waals surface area contributed by atoms with Crippen molar-refractivity contribution in [2.24, 2.45) is 11.8 Å². The van der Waals surface area contributed by atoms with E-state index in [1.54, 1.807) is 0 Å². The first kappa shape index (κ1) is 12.5. The first-order valence-electron chi connectivity index (χ1n) is 5.36. The third kappa shape index (κ3) is 5.67. The molecule has 0 saturated heterocycles. The van der Waals surface area contributed by atoms with Crippen molar-refractivity contribution in [2.75, 3.05) is 0 Å². The van der Waals surface area contributed by atoms with Gasteiger partial charge in [0, 0.05) is 0 Å². The van der Waals surface area contributed by atoms with Crippen molar-refractivity contribution >= 4 is 6.47 Å². The van der Waals surface area contributed by atoms with Crippen molar-refractivity contribution < 1.29 is 9.90 Å². The molecule has 2 heteroatoms. The maximum absolute atomic E-state index is 8.36.